The van der Waals surface area contributed by atoms with Gasteiger partial charge in [0.1, 0.15) is 17.3 Å². The van der Waals surface area contributed by atoms with Crippen molar-refractivity contribution in [2.75, 3.05) is 33.1 Å². The van der Waals surface area contributed by atoms with Crippen LogP contribution in [0.1, 0.15) is 5.56 Å². The summed E-state index contributed by atoms with van der Waals surface area (Å²) in [6.07, 6.45) is 0. The molecule has 2 aromatic rings. The van der Waals surface area contributed by atoms with E-state index in [1.54, 1.807) is 26.4 Å². The topological polar surface area (TPSA) is 50.8 Å². The molecule has 0 bridgehead atoms. The van der Waals surface area contributed by atoms with Crippen molar-refractivity contribution >= 4 is 11.6 Å². The van der Waals surface area contributed by atoms with Gasteiger partial charge in [-0.3, -0.25) is 9.69 Å². The van der Waals surface area contributed by atoms with Crippen LogP contribution in [0.15, 0.2) is 42.5 Å². The van der Waals surface area contributed by atoms with Crippen LogP contribution in [0.25, 0.3) is 0 Å². The van der Waals surface area contributed by atoms with E-state index >= 15 is 0 Å². The van der Waals surface area contributed by atoms with Crippen LogP contribution in [0, 0.1) is 5.82 Å². The predicted octanol–water partition coefficient (Wildman–Crippen LogP) is 2.91. The summed E-state index contributed by atoms with van der Waals surface area (Å²) in [5.41, 5.74) is 1.35. The molecule has 0 aliphatic carbocycles. The number of halogens is 1. The number of benzene rings is 2. The number of rotatable bonds is 7. The molecule has 0 spiro atoms. The van der Waals surface area contributed by atoms with E-state index < -0.39 is 0 Å². The molecular formula is C18H21FN2O3. The van der Waals surface area contributed by atoms with Gasteiger partial charge in [0.15, 0.2) is 0 Å². The van der Waals surface area contributed by atoms with Crippen LogP contribution >= 0.6 is 0 Å². The Kier molecular flexibility index (Phi) is 6.14. The summed E-state index contributed by atoms with van der Waals surface area (Å²) in [6.45, 7) is 0.674. The molecule has 0 fully saturated rings. The number of nitrogens with one attached hydrogen (secondary N) is 1. The van der Waals surface area contributed by atoms with Gasteiger partial charge in [0.25, 0.3) is 0 Å². The molecule has 24 heavy (non-hydrogen) atoms. The van der Waals surface area contributed by atoms with E-state index in [0.29, 0.717) is 12.2 Å². The Morgan fingerprint density at radius 2 is 1.96 bits per heavy atom. The maximum Gasteiger partial charge on any atom is 0.238 e. The monoisotopic (exact) mass is 332 g/mol. The molecule has 0 aliphatic rings. The maximum absolute atomic E-state index is 13.1. The van der Waals surface area contributed by atoms with E-state index in [-0.39, 0.29) is 18.3 Å². The Bertz CT molecular complexity index is 706. The van der Waals surface area contributed by atoms with Crippen molar-refractivity contribution in [1.82, 2.24) is 4.90 Å². The number of amides is 1. The van der Waals surface area contributed by atoms with Gasteiger partial charge in [0, 0.05) is 17.8 Å². The van der Waals surface area contributed by atoms with E-state index in [4.69, 9.17) is 9.47 Å². The number of likely N-dealkylation sites (N-methyl/N-ethyl adjacent to an activating group) is 1. The second kappa shape index (κ2) is 8.31. The number of methoxy groups -OCH3 is 2. The summed E-state index contributed by atoms with van der Waals surface area (Å²) in [6, 6.07) is 11.3. The Hall–Kier alpha value is -2.60. The molecule has 128 valence electrons. The quantitative estimate of drug-likeness (QED) is 0.847. The second-order valence-electron chi connectivity index (χ2n) is 5.41. The van der Waals surface area contributed by atoms with Gasteiger partial charge < -0.3 is 14.8 Å². The zero-order valence-corrected chi connectivity index (χ0v) is 14.0. The fraction of sp³-hybridized carbons (Fsp3) is 0.278. The number of hydrogen-bond acceptors (Lipinski definition) is 4. The van der Waals surface area contributed by atoms with E-state index in [9.17, 15) is 9.18 Å². The van der Waals surface area contributed by atoms with E-state index in [1.807, 2.05) is 30.1 Å². The summed E-state index contributed by atoms with van der Waals surface area (Å²) in [7, 11) is 5.02. The van der Waals surface area contributed by atoms with Gasteiger partial charge in [-0.15, -0.1) is 0 Å². The molecule has 0 saturated carbocycles. The molecule has 2 rings (SSSR count). The van der Waals surface area contributed by atoms with Crippen LogP contribution in [0.4, 0.5) is 10.1 Å². The number of carbonyl (C=O) groups is 1. The molecule has 0 radical (unpaired) electrons. The van der Waals surface area contributed by atoms with E-state index in [1.165, 1.54) is 12.1 Å². The van der Waals surface area contributed by atoms with Crippen molar-refractivity contribution in [3.63, 3.8) is 0 Å². The molecule has 1 N–H and O–H groups in total. The van der Waals surface area contributed by atoms with Gasteiger partial charge in [-0.1, -0.05) is 6.07 Å². The first kappa shape index (κ1) is 17.7. The van der Waals surface area contributed by atoms with Crippen LogP contribution in [0.2, 0.25) is 0 Å². The smallest absolute Gasteiger partial charge is 0.238 e. The molecule has 0 atom stereocenters. The Morgan fingerprint density at radius 1 is 1.17 bits per heavy atom. The van der Waals surface area contributed by atoms with Crippen molar-refractivity contribution in [2.24, 2.45) is 0 Å². The number of nitrogens with zero attached hydrogens (tertiary/aromatic N) is 1. The highest BCUT2D eigenvalue weighted by Gasteiger charge is 2.11. The van der Waals surface area contributed by atoms with Crippen LogP contribution in [0.3, 0.4) is 0 Å². The standard InChI is InChI=1S/C18H21FN2O3/c1-21(11-13-9-16(23-2)7-8-17(13)24-3)12-18(22)20-15-6-4-5-14(19)10-15/h4-10H,11-12H2,1-3H3,(H,20,22). The van der Waals surface area contributed by atoms with Crippen LogP contribution in [0.5, 0.6) is 11.5 Å². The first-order chi connectivity index (χ1) is 11.5. The van der Waals surface area contributed by atoms with Gasteiger partial charge >= 0.3 is 0 Å². The first-order valence-corrected chi connectivity index (χ1v) is 7.46. The Morgan fingerprint density at radius 3 is 2.62 bits per heavy atom. The van der Waals surface area contributed by atoms with Crippen molar-refractivity contribution in [3.8, 4) is 11.5 Å². The molecule has 5 nitrogen and oxygen atoms in total. The van der Waals surface area contributed by atoms with Gasteiger partial charge in [0.05, 0.1) is 20.8 Å². The molecule has 0 aromatic heterocycles. The second-order valence-corrected chi connectivity index (χ2v) is 5.41. The minimum Gasteiger partial charge on any atom is -0.497 e. The van der Waals surface area contributed by atoms with Crippen LogP contribution in [-0.2, 0) is 11.3 Å². The molecule has 6 heteroatoms. The van der Waals surface area contributed by atoms with Gasteiger partial charge in [-0.25, -0.2) is 4.39 Å². The third kappa shape index (κ3) is 4.96. The average Bonchev–Trinajstić information content (AvgIpc) is 2.54. The summed E-state index contributed by atoms with van der Waals surface area (Å²) < 4.78 is 23.7. The fourth-order valence-corrected chi connectivity index (χ4v) is 2.36. The molecule has 2 aromatic carbocycles. The van der Waals surface area contributed by atoms with Crippen LogP contribution in [-0.4, -0.2) is 38.6 Å². The van der Waals surface area contributed by atoms with E-state index in [2.05, 4.69) is 5.32 Å². The van der Waals surface area contributed by atoms with Crippen molar-refractivity contribution in [2.45, 2.75) is 6.54 Å². The SMILES string of the molecule is COc1ccc(OC)c(CN(C)CC(=O)Nc2cccc(F)c2)c1. The lowest BCUT2D eigenvalue weighted by molar-refractivity contribution is -0.117. The minimum absolute atomic E-state index is 0.164. The van der Waals surface area contributed by atoms with Crippen molar-refractivity contribution < 1.29 is 18.7 Å². The van der Waals surface area contributed by atoms with Crippen molar-refractivity contribution in [1.29, 1.82) is 0 Å². The summed E-state index contributed by atoms with van der Waals surface area (Å²) in [5, 5.41) is 2.67. The summed E-state index contributed by atoms with van der Waals surface area (Å²) in [4.78, 5) is 13.9. The molecule has 0 unspecified atom stereocenters. The lowest BCUT2D eigenvalue weighted by Gasteiger charge is -2.18. The minimum atomic E-state index is -0.387. The highest BCUT2D eigenvalue weighted by atomic mass is 19.1. The highest BCUT2D eigenvalue weighted by Crippen LogP contribution is 2.25. The summed E-state index contributed by atoms with van der Waals surface area (Å²) in [5.74, 6) is 0.851. The lowest BCUT2D eigenvalue weighted by Crippen LogP contribution is -2.30. The number of carbonyl (C=O) groups excluding carboxylic acids is 1. The molecule has 0 aliphatic heterocycles. The Labute approximate surface area is 141 Å². The molecule has 0 heterocycles. The molecular weight excluding hydrogens is 311 g/mol. The first-order valence-electron chi connectivity index (χ1n) is 7.46. The van der Waals surface area contributed by atoms with Gasteiger partial charge in [0.2, 0.25) is 5.91 Å². The lowest BCUT2D eigenvalue weighted by atomic mass is 10.1. The van der Waals surface area contributed by atoms with Crippen molar-refractivity contribution in [3.05, 3.63) is 53.8 Å². The third-order valence-electron chi connectivity index (χ3n) is 3.45. The van der Waals surface area contributed by atoms with Gasteiger partial charge in [-0.05, 0) is 43.4 Å². The van der Waals surface area contributed by atoms with Crippen LogP contribution < -0.4 is 14.8 Å². The fourth-order valence-electron chi connectivity index (χ4n) is 2.36. The van der Waals surface area contributed by atoms with Gasteiger partial charge in [-0.2, -0.15) is 0 Å². The molecule has 0 saturated heterocycles. The average molecular weight is 332 g/mol. The predicted molar refractivity (Wildman–Crippen MR) is 90.9 cm³/mol. The zero-order valence-electron chi connectivity index (χ0n) is 14.0. The largest absolute Gasteiger partial charge is 0.497 e. The zero-order chi connectivity index (χ0) is 17.5. The normalized spacial score (nSPS) is 10.5. The highest BCUT2D eigenvalue weighted by molar-refractivity contribution is 5.92. The third-order valence-corrected chi connectivity index (χ3v) is 3.45. The summed E-state index contributed by atoms with van der Waals surface area (Å²) >= 11 is 0. The number of anilines is 1. The van der Waals surface area contributed by atoms with E-state index in [0.717, 1.165) is 17.1 Å². The number of ether oxygens (including phenoxy) is 2. The number of hydrogen-bond donors (Lipinski definition) is 1. The Balaban J connectivity index is 1.97. The maximum atomic E-state index is 13.1. The molecule has 1 amide bonds.